The molecule has 330 valence electrons. The fourth-order valence-corrected chi connectivity index (χ4v) is 6.96. The van der Waals surface area contributed by atoms with Crippen LogP contribution in [0.3, 0.4) is 0 Å². The van der Waals surface area contributed by atoms with Crippen LogP contribution in [0.5, 0.6) is 0 Å². The van der Waals surface area contributed by atoms with E-state index in [1.54, 1.807) is 32.1 Å². The average molecular weight is 826 g/mol. The number of nitrogens with zero attached hydrogens (tertiary/aromatic N) is 2. The van der Waals surface area contributed by atoms with Crippen LogP contribution in [-0.4, -0.2) is 114 Å². The molecule has 1 aliphatic rings. The van der Waals surface area contributed by atoms with Gasteiger partial charge in [0.1, 0.15) is 24.2 Å². The number of nitrogens with two attached hydrogens (primary N) is 1. The van der Waals surface area contributed by atoms with E-state index in [9.17, 15) is 33.6 Å². The number of likely N-dealkylation sites (N-methyl/N-ethyl adjacent to an activating group) is 2. The van der Waals surface area contributed by atoms with Gasteiger partial charge in [-0.15, -0.1) is 0 Å². The summed E-state index contributed by atoms with van der Waals surface area (Å²) in [5, 5.41) is 11.3. The number of carbonyl (C=O) groups is 7. The predicted octanol–water partition coefficient (Wildman–Crippen LogP) is 2.86. The molecule has 6 amide bonds. The van der Waals surface area contributed by atoms with Crippen LogP contribution in [0.4, 0.5) is 0 Å². The van der Waals surface area contributed by atoms with Gasteiger partial charge < -0.3 is 41.5 Å². The van der Waals surface area contributed by atoms with Gasteiger partial charge in [-0.25, -0.2) is 4.79 Å². The van der Waals surface area contributed by atoms with Crippen molar-refractivity contribution in [1.82, 2.24) is 31.1 Å². The van der Waals surface area contributed by atoms with Crippen LogP contribution in [0.15, 0.2) is 42.0 Å². The molecule has 0 aliphatic carbocycles. The molecule has 0 radical (unpaired) electrons. The molecule has 0 saturated heterocycles. The second-order valence-electron chi connectivity index (χ2n) is 16.8. The second kappa shape index (κ2) is 23.7. The lowest BCUT2D eigenvalue weighted by molar-refractivity contribution is -0.154. The summed E-state index contributed by atoms with van der Waals surface area (Å²) in [7, 11) is 2.89. The number of ether oxygens (including phenoxy) is 1. The van der Waals surface area contributed by atoms with Gasteiger partial charge in [-0.2, -0.15) is 0 Å². The number of benzene rings is 1. The second-order valence-corrected chi connectivity index (χ2v) is 16.8. The van der Waals surface area contributed by atoms with E-state index < -0.39 is 84.3 Å². The van der Waals surface area contributed by atoms with Crippen molar-refractivity contribution in [1.29, 1.82) is 0 Å². The van der Waals surface area contributed by atoms with Crippen molar-refractivity contribution in [3.05, 3.63) is 47.5 Å². The number of cyclic esters (lactones) is 1. The highest BCUT2D eigenvalue weighted by molar-refractivity contribution is 5.96. The monoisotopic (exact) mass is 826 g/mol. The zero-order chi connectivity index (χ0) is 44.7. The quantitative estimate of drug-likeness (QED) is 0.244. The lowest BCUT2D eigenvalue weighted by Gasteiger charge is -2.34. The minimum absolute atomic E-state index is 0.00768. The largest absolute Gasteiger partial charge is 0.449 e. The molecule has 10 atom stereocenters. The van der Waals surface area contributed by atoms with Crippen LogP contribution in [0.2, 0.25) is 0 Å². The topological polar surface area (TPSA) is 209 Å². The smallest absolute Gasteiger partial charge is 0.334 e. The van der Waals surface area contributed by atoms with Crippen molar-refractivity contribution in [2.75, 3.05) is 20.6 Å². The summed E-state index contributed by atoms with van der Waals surface area (Å²) >= 11 is 0. The maximum atomic E-state index is 14.1. The molecule has 6 N–H and O–H groups in total. The highest BCUT2D eigenvalue weighted by atomic mass is 16.5. The van der Waals surface area contributed by atoms with Crippen molar-refractivity contribution in [2.24, 2.45) is 29.4 Å². The molecule has 1 aromatic carbocycles. The van der Waals surface area contributed by atoms with Crippen LogP contribution in [0.1, 0.15) is 100 Å². The first-order chi connectivity index (χ1) is 27.6. The standard InChI is InChI=1S/C44H71N7O8/c1-13-26(5)37-29(8)33(45)21-20-28(7)44(58)59-35(22-25(3)4)40(54)47-31(10)42(56)51(12)34(23-32-18-16-15-17-19-32)43(57)50(11)24-36(52)48-38(27(6)14-2)41(55)46-30(9)39(53)49-37/h15-20,25-27,29-31,33-35,37-38H,13-14,21-24,45H2,1-12H3,(H,46,55)(H,47,54)(H,48,52)(H,49,53)/b28-20+/t26-,27?,29-,30+,31-,33-,34+,35+,37+,38-/m0/s1. The number of hydrogen-bond donors (Lipinski definition) is 5. The number of amides is 6. The zero-order valence-electron chi connectivity index (χ0n) is 37.3. The summed E-state index contributed by atoms with van der Waals surface area (Å²) in [5.74, 6) is -4.71. The summed E-state index contributed by atoms with van der Waals surface area (Å²) < 4.78 is 5.73. The van der Waals surface area contributed by atoms with Gasteiger partial charge in [0.15, 0.2) is 6.10 Å². The van der Waals surface area contributed by atoms with E-state index in [4.69, 9.17) is 10.5 Å². The molecule has 1 aliphatic heterocycles. The Kier molecular flexibility index (Phi) is 20.2. The lowest BCUT2D eigenvalue weighted by atomic mass is 9.83. The van der Waals surface area contributed by atoms with Gasteiger partial charge in [0.05, 0.1) is 6.54 Å². The van der Waals surface area contributed by atoms with E-state index in [1.165, 1.54) is 30.8 Å². The van der Waals surface area contributed by atoms with Crippen molar-refractivity contribution in [2.45, 2.75) is 144 Å². The van der Waals surface area contributed by atoms with Crippen molar-refractivity contribution >= 4 is 41.4 Å². The molecule has 0 saturated carbocycles. The van der Waals surface area contributed by atoms with Gasteiger partial charge in [-0.3, -0.25) is 28.8 Å². The fourth-order valence-electron chi connectivity index (χ4n) is 6.96. The van der Waals surface area contributed by atoms with Crippen LogP contribution in [-0.2, 0) is 44.7 Å². The third-order valence-corrected chi connectivity index (χ3v) is 11.5. The van der Waals surface area contributed by atoms with E-state index >= 15 is 0 Å². The Morgan fingerprint density at radius 1 is 0.780 bits per heavy atom. The van der Waals surface area contributed by atoms with E-state index in [1.807, 2.05) is 66.7 Å². The number of esters is 1. The van der Waals surface area contributed by atoms with Crippen LogP contribution < -0.4 is 27.0 Å². The van der Waals surface area contributed by atoms with E-state index in [0.717, 1.165) is 12.0 Å². The van der Waals surface area contributed by atoms with E-state index in [-0.39, 0.29) is 54.5 Å². The number of carbonyl (C=O) groups excluding carboxylic acids is 7. The van der Waals surface area contributed by atoms with Crippen LogP contribution in [0, 0.1) is 23.7 Å². The number of nitrogens with one attached hydrogen (secondary N) is 4. The molecule has 1 heterocycles. The van der Waals surface area contributed by atoms with Gasteiger partial charge in [-0.05, 0) is 62.8 Å². The first-order valence-corrected chi connectivity index (χ1v) is 21.0. The maximum Gasteiger partial charge on any atom is 0.334 e. The number of rotatable bonds is 8. The SMILES string of the molecule is CCC(C)[C@@H]1NC(=O)CN(C)C(=O)[C@@H](Cc2ccccc2)N(C)C(=O)[C@H](C)NC(=O)[C@@H](CC(C)C)OC(=O)/C(C)=C/C[C@H](N)[C@H](C)[C@@H]([C@@H](C)CC)NC(=O)[C@@H](C)NC1=O. The molecule has 0 aromatic heterocycles. The molecule has 1 aromatic rings. The maximum absolute atomic E-state index is 14.1. The molecule has 59 heavy (non-hydrogen) atoms. The van der Waals surface area contributed by atoms with Gasteiger partial charge >= 0.3 is 5.97 Å². The minimum atomic E-state index is -1.21. The molecule has 2 rings (SSSR count). The van der Waals surface area contributed by atoms with Gasteiger partial charge in [-0.1, -0.05) is 97.7 Å². The Balaban J connectivity index is 2.61. The third kappa shape index (κ3) is 15.1. The zero-order valence-corrected chi connectivity index (χ0v) is 37.3. The van der Waals surface area contributed by atoms with Gasteiger partial charge in [0.2, 0.25) is 29.5 Å². The molecule has 15 nitrogen and oxygen atoms in total. The normalized spacial score (nSPS) is 29.1. The number of hydrogen-bond acceptors (Lipinski definition) is 9. The lowest BCUT2D eigenvalue weighted by Crippen LogP contribution is -2.59. The Labute approximate surface area is 351 Å². The minimum Gasteiger partial charge on any atom is -0.449 e. The van der Waals surface area contributed by atoms with Crippen molar-refractivity contribution in [3.8, 4) is 0 Å². The first-order valence-electron chi connectivity index (χ1n) is 21.0. The molecule has 0 fully saturated rings. The highest BCUT2D eigenvalue weighted by Gasteiger charge is 2.36. The van der Waals surface area contributed by atoms with Gasteiger partial charge in [0, 0.05) is 38.2 Å². The van der Waals surface area contributed by atoms with E-state index in [2.05, 4.69) is 21.3 Å². The molecular weight excluding hydrogens is 755 g/mol. The molecule has 15 heteroatoms. The Hall–Kier alpha value is -4.79. The Morgan fingerprint density at radius 2 is 1.37 bits per heavy atom. The van der Waals surface area contributed by atoms with Crippen molar-refractivity contribution < 1.29 is 38.3 Å². The van der Waals surface area contributed by atoms with Crippen LogP contribution in [0.25, 0.3) is 0 Å². The Bertz CT molecular complexity index is 1640. The van der Waals surface area contributed by atoms with Crippen LogP contribution >= 0.6 is 0 Å². The summed E-state index contributed by atoms with van der Waals surface area (Å²) in [6, 6.07) is 4.02. The first kappa shape index (κ1) is 50.4. The average Bonchev–Trinajstić information content (AvgIpc) is 3.20. The fraction of sp³-hybridized carbons (Fsp3) is 0.659. The van der Waals surface area contributed by atoms with Crippen molar-refractivity contribution in [3.63, 3.8) is 0 Å². The molecule has 0 spiro atoms. The summed E-state index contributed by atoms with van der Waals surface area (Å²) in [6.07, 6.45) is 2.26. The summed E-state index contributed by atoms with van der Waals surface area (Å²) in [6.45, 7) is 17.6. The highest BCUT2D eigenvalue weighted by Crippen LogP contribution is 2.22. The molecule has 1 unspecified atom stereocenters. The summed E-state index contributed by atoms with van der Waals surface area (Å²) in [4.78, 5) is 98.4. The van der Waals surface area contributed by atoms with E-state index in [0.29, 0.717) is 6.42 Å². The Morgan fingerprint density at radius 3 is 1.95 bits per heavy atom. The molecular formula is C44H71N7O8. The summed E-state index contributed by atoms with van der Waals surface area (Å²) in [5.41, 5.74) is 7.67. The molecule has 0 bridgehead atoms. The predicted molar refractivity (Wildman–Crippen MR) is 227 cm³/mol. The third-order valence-electron chi connectivity index (χ3n) is 11.5. The van der Waals surface area contributed by atoms with Gasteiger partial charge in [0.25, 0.3) is 5.91 Å².